The third-order valence-electron chi connectivity index (χ3n) is 3.41. The lowest BCUT2D eigenvalue weighted by Crippen LogP contribution is -2.18. The van der Waals surface area contributed by atoms with E-state index in [9.17, 15) is 0 Å². The zero-order valence-corrected chi connectivity index (χ0v) is 10.1. The number of hydrogen-bond donors (Lipinski definition) is 1. The second-order valence-electron chi connectivity index (χ2n) is 4.34. The van der Waals surface area contributed by atoms with Crippen molar-refractivity contribution in [2.45, 2.75) is 36.6 Å². The van der Waals surface area contributed by atoms with Crippen LogP contribution >= 0.6 is 11.8 Å². The Hall–Kier alpha value is -0.470. The molecule has 0 amide bonds. The Morgan fingerprint density at radius 1 is 1.20 bits per heavy atom. The maximum atomic E-state index is 6.29. The van der Waals surface area contributed by atoms with Crippen LogP contribution < -0.4 is 5.73 Å². The maximum absolute atomic E-state index is 6.29. The van der Waals surface area contributed by atoms with E-state index in [1.807, 2.05) is 0 Å². The zero-order chi connectivity index (χ0) is 10.7. The first-order valence-corrected chi connectivity index (χ1v) is 6.93. The molecule has 1 atom stereocenters. The molecule has 0 aromatic heterocycles. The van der Waals surface area contributed by atoms with E-state index in [0.29, 0.717) is 5.92 Å². The normalized spacial score (nSPS) is 19.3. The van der Waals surface area contributed by atoms with Crippen LogP contribution in [0.25, 0.3) is 0 Å². The summed E-state index contributed by atoms with van der Waals surface area (Å²) in [6, 6.07) is 8.98. The van der Waals surface area contributed by atoms with Crippen molar-refractivity contribution in [3.05, 3.63) is 29.8 Å². The fourth-order valence-electron chi connectivity index (χ4n) is 2.41. The van der Waals surface area contributed by atoms with Crippen LogP contribution in [0.1, 0.15) is 37.3 Å². The first-order valence-electron chi connectivity index (χ1n) is 5.71. The summed E-state index contributed by atoms with van der Waals surface area (Å²) >= 11 is 1.78. The summed E-state index contributed by atoms with van der Waals surface area (Å²) in [6.07, 6.45) is 7.45. The number of hydrogen-bond acceptors (Lipinski definition) is 2. The molecular weight excluding hydrogens is 202 g/mol. The Balaban J connectivity index is 2.07. The van der Waals surface area contributed by atoms with Crippen LogP contribution in [0.5, 0.6) is 0 Å². The van der Waals surface area contributed by atoms with Gasteiger partial charge in [-0.05, 0) is 42.7 Å². The van der Waals surface area contributed by atoms with Gasteiger partial charge in [0, 0.05) is 10.9 Å². The van der Waals surface area contributed by atoms with Gasteiger partial charge in [0.25, 0.3) is 0 Å². The van der Waals surface area contributed by atoms with E-state index < -0.39 is 0 Å². The molecule has 15 heavy (non-hydrogen) atoms. The molecule has 1 aromatic rings. The van der Waals surface area contributed by atoms with Gasteiger partial charge in [-0.3, -0.25) is 0 Å². The van der Waals surface area contributed by atoms with Crippen molar-refractivity contribution in [1.82, 2.24) is 0 Å². The van der Waals surface area contributed by atoms with Crippen LogP contribution in [0.4, 0.5) is 0 Å². The van der Waals surface area contributed by atoms with Crippen molar-refractivity contribution in [2.24, 2.45) is 11.7 Å². The molecule has 2 rings (SSSR count). The van der Waals surface area contributed by atoms with E-state index in [2.05, 4.69) is 30.5 Å². The average Bonchev–Trinajstić information content (AvgIpc) is 2.82. The smallest absolute Gasteiger partial charge is 0.0323 e. The Kier molecular flexibility index (Phi) is 3.71. The second-order valence-corrected chi connectivity index (χ2v) is 5.22. The lowest BCUT2D eigenvalue weighted by molar-refractivity contribution is 0.445. The van der Waals surface area contributed by atoms with E-state index in [-0.39, 0.29) is 6.04 Å². The van der Waals surface area contributed by atoms with Crippen LogP contribution in [0.3, 0.4) is 0 Å². The summed E-state index contributed by atoms with van der Waals surface area (Å²) in [5.41, 5.74) is 7.59. The van der Waals surface area contributed by atoms with Gasteiger partial charge in [0.1, 0.15) is 0 Å². The third-order valence-corrected chi connectivity index (χ3v) is 4.15. The molecule has 0 bridgehead atoms. The minimum Gasteiger partial charge on any atom is -0.324 e. The lowest BCUT2D eigenvalue weighted by Gasteiger charge is -2.19. The van der Waals surface area contributed by atoms with E-state index >= 15 is 0 Å². The number of nitrogens with two attached hydrogens (primary N) is 1. The molecule has 1 aliphatic carbocycles. The Morgan fingerprint density at radius 2 is 1.80 bits per heavy atom. The van der Waals surface area contributed by atoms with Gasteiger partial charge < -0.3 is 5.73 Å². The van der Waals surface area contributed by atoms with Crippen molar-refractivity contribution in [3.8, 4) is 0 Å². The van der Waals surface area contributed by atoms with Gasteiger partial charge in [-0.1, -0.05) is 25.0 Å². The molecule has 0 spiro atoms. The molecule has 1 nitrogen and oxygen atoms in total. The Bertz CT molecular complexity index is 301. The molecule has 2 heteroatoms. The summed E-state index contributed by atoms with van der Waals surface area (Å²) in [5.74, 6) is 0.713. The summed E-state index contributed by atoms with van der Waals surface area (Å²) in [6.45, 7) is 0. The molecule has 2 N–H and O–H groups in total. The quantitative estimate of drug-likeness (QED) is 0.789. The van der Waals surface area contributed by atoms with Gasteiger partial charge in [-0.2, -0.15) is 0 Å². The molecule has 0 heterocycles. The summed E-state index contributed by atoms with van der Waals surface area (Å²) in [5, 5.41) is 0. The summed E-state index contributed by atoms with van der Waals surface area (Å²) in [7, 11) is 0. The third kappa shape index (κ3) is 2.56. The molecule has 0 aliphatic heterocycles. The van der Waals surface area contributed by atoms with Crippen molar-refractivity contribution < 1.29 is 0 Å². The summed E-state index contributed by atoms with van der Waals surface area (Å²) < 4.78 is 0. The maximum Gasteiger partial charge on any atom is 0.0323 e. The highest BCUT2D eigenvalue weighted by Gasteiger charge is 2.22. The van der Waals surface area contributed by atoms with Crippen LogP contribution in [-0.4, -0.2) is 6.26 Å². The van der Waals surface area contributed by atoms with Crippen LogP contribution in [0.2, 0.25) is 0 Å². The van der Waals surface area contributed by atoms with Gasteiger partial charge in [0.2, 0.25) is 0 Å². The molecular formula is C13H19NS. The minimum atomic E-state index is 0.253. The van der Waals surface area contributed by atoms with E-state index in [1.165, 1.54) is 36.1 Å². The zero-order valence-electron chi connectivity index (χ0n) is 9.28. The van der Waals surface area contributed by atoms with E-state index in [0.717, 1.165) is 0 Å². The van der Waals surface area contributed by atoms with Gasteiger partial charge >= 0.3 is 0 Å². The van der Waals surface area contributed by atoms with Gasteiger partial charge in [-0.25, -0.2) is 0 Å². The van der Waals surface area contributed by atoms with Gasteiger partial charge in [0.05, 0.1) is 0 Å². The SMILES string of the molecule is CSc1ccc([C@H](N)C2CCCC2)cc1. The lowest BCUT2D eigenvalue weighted by atomic mass is 9.93. The molecule has 0 saturated heterocycles. The van der Waals surface area contributed by atoms with Gasteiger partial charge in [0.15, 0.2) is 0 Å². The van der Waals surface area contributed by atoms with Crippen molar-refractivity contribution in [1.29, 1.82) is 0 Å². The van der Waals surface area contributed by atoms with Crippen molar-refractivity contribution in [3.63, 3.8) is 0 Å². The van der Waals surface area contributed by atoms with Crippen LogP contribution in [0.15, 0.2) is 29.2 Å². The Morgan fingerprint density at radius 3 is 2.33 bits per heavy atom. The molecule has 1 saturated carbocycles. The topological polar surface area (TPSA) is 26.0 Å². The van der Waals surface area contributed by atoms with Crippen LogP contribution in [-0.2, 0) is 0 Å². The van der Waals surface area contributed by atoms with Crippen LogP contribution in [0, 0.1) is 5.92 Å². The standard InChI is InChI=1S/C13H19NS/c1-15-12-8-6-11(7-9-12)13(14)10-4-2-3-5-10/h6-10,13H,2-5,14H2,1H3/t13-/m1/s1. The number of benzene rings is 1. The summed E-state index contributed by atoms with van der Waals surface area (Å²) in [4.78, 5) is 1.32. The molecule has 82 valence electrons. The molecule has 1 fully saturated rings. The van der Waals surface area contributed by atoms with Crippen molar-refractivity contribution in [2.75, 3.05) is 6.26 Å². The van der Waals surface area contributed by atoms with Gasteiger partial charge in [-0.15, -0.1) is 11.8 Å². The largest absolute Gasteiger partial charge is 0.324 e. The van der Waals surface area contributed by atoms with E-state index in [4.69, 9.17) is 5.73 Å². The monoisotopic (exact) mass is 221 g/mol. The highest BCUT2D eigenvalue weighted by molar-refractivity contribution is 7.98. The number of rotatable bonds is 3. The Labute approximate surface area is 96.4 Å². The fourth-order valence-corrected chi connectivity index (χ4v) is 2.82. The first-order chi connectivity index (χ1) is 7.31. The molecule has 0 unspecified atom stereocenters. The van der Waals surface area contributed by atoms with Crippen molar-refractivity contribution >= 4 is 11.8 Å². The average molecular weight is 221 g/mol. The highest BCUT2D eigenvalue weighted by Crippen LogP contribution is 2.34. The highest BCUT2D eigenvalue weighted by atomic mass is 32.2. The minimum absolute atomic E-state index is 0.253. The molecule has 1 aliphatic rings. The second kappa shape index (κ2) is 5.04. The molecule has 0 radical (unpaired) electrons. The molecule has 1 aromatic carbocycles. The number of thioether (sulfide) groups is 1. The fraction of sp³-hybridized carbons (Fsp3) is 0.538. The predicted octanol–water partition coefficient (Wildman–Crippen LogP) is 3.60. The van der Waals surface area contributed by atoms with E-state index in [1.54, 1.807) is 11.8 Å². The predicted molar refractivity (Wildman–Crippen MR) is 67.1 cm³/mol. The first kappa shape index (κ1) is 11.0.